The van der Waals surface area contributed by atoms with Crippen molar-refractivity contribution in [2.75, 3.05) is 0 Å². The van der Waals surface area contributed by atoms with Crippen molar-refractivity contribution in [2.24, 2.45) is 0 Å². The molecule has 0 spiro atoms. The van der Waals surface area contributed by atoms with E-state index in [1.165, 1.54) is 24.9 Å². The van der Waals surface area contributed by atoms with Crippen LogP contribution in [0.25, 0.3) is 0 Å². The second kappa shape index (κ2) is 2.89. The van der Waals surface area contributed by atoms with Crippen molar-refractivity contribution in [3.05, 3.63) is 12.7 Å². The summed E-state index contributed by atoms with van der Waals surface area (Å²) in [6.45, 7) is 3.72. The average Bonchev–Trinajstić information content (AvgIpc) is 2.16. The zero-order chi connectivity index (χ0) is 6.74. The molecule has 0 atom stereocenters. The Balaban J connectivity index is 2.40. The van der Waals surface area contributed by atoms with Gasteiger partial charge in [0.2, 0.25) is 0 Å². The molecule has 9 heavy (non-hydrogen) atoms. The summed E-state index contributed by atoms with van der Waals surface area (Å²) >= 11 is 6.34. The largest absolute Gasteiger partial charge is 0.167 e. The van der Waals surface area contributed by atoms with E-state index in [-0.39, 0.29) is 0 Å². The van der Waals surface area contributed by atoms with Gasteiger partial charge in [-0.3, -0.25) is 0 Å². The Labute approximate surface area is 62.6 Å². The van der Waals surface area contributed by atoms with Crippen LogP contribution in [0, 0.1) is 0 Å². The highest BCUT2D eigenvalue weighted by atomic mass is 35.6. The van der Waals surface area contributed by atoms with Gasteiger partial charge < -0.3 is 0 Å². The molecule has 0 amide bonds. The Morgan fingerprint density at radius 1 is 1.44 bits per heavy atom. The normalized spacial score (nSPS) is 24.1. The highest BCUT2D eigenvalue weighted by molar-refractivity contribution is 7.20. The van der Waals surface area contributed by atoms with Crippen molar-refractivity contribution in [1.29, 1.82) is 0 Å². The lowest BCUT2D eigenvalue weighted by molar-refractivity contribution is 0.935. The number of rotatable bonds is 2. The zero-order valence-electron chi connectivity index (χ0n) is 5.70. The minimum absolute atomic E-state index is 1.12. The molecule has 0 aliphatic carbocycles. The number of hydrogen-bond donors (Lipinski definition) is 0. The summed E-state index contributed by atoms with van der Waals surface area (Å²) in [5.74, 6) is 0. The fourth-order valence-corrected chi connectivity index (χ4v) is 5.54. The first-order valence-corrected chi connectivity index (χ1v) is 7.20. The molecule has 1 saturated heterocycles. The molecule has 0 N–H and O–H groups in total. The first kappa shape index (κ1) is 7.36. The van der Waals surface area contributed by atoms with Gasteiger partial charge in [-0.15, -0.1) is 6.58 Å². The van der Waals surface area contributed by atoms with Gasteiger partial charge in [0.1, 0.15) is 0 Å². The van der Waals surface area contributed by atoms with Crippen LogP contribution in [0.5, 0.6) is 0 Å². The van der Waals surface area contributed by atoms with Crippen LogP contribution in [0.4, 0.5) is 0 Å². The van der Waals surface area contributed by atoms with Gasteiger partial charge in [0, 0.05) is 0 Å². The predicted molar refractivity (Wildman–Crippen MR) is 45.5 cm³/mol. The van der Waals surface area contributed by atoms with E-state index in [9.17, 15) is 0 Å². The Morgan fingerprint density at radius 2 is 2.00 bits per heavy atom. The summed E-state index contributed by atoms with van der Waals surface area (Å²) in [7, 11) is -1.23. The first-order chi connectivity index (χ1) is 4.27. The maximum atomic E-state index is 6.34. The van der Waals surface area contributed by atoms with Gasteiger partial charge in [-0.25, -0.2) is 0 Å². The molecule has 0 nitrogen and oxygen atoms in total. The minimum atomic E-state index is -1.23. The monoisotopic (exact) mass is 160 g/mol. The molecule has 2 heteroatoms. The minimum Gasteiger partial charge on any atom is -0.167 e. The lowest BCUT2D eigenvalue weighted by atomic mass is 10.4. The van der Waals surface area contributed by atoms with E-state index < -0.39 is 7.38 Å². The SMILES string of the molecule is C=CC[Si]1(Cl)CCCC1. The summed E-state index contributed by atoms with van der Waals surface area (Å²) in [4.78, 5) is 0. The van der Waals surface area contributed by atoms with Gasteiger partial charge in [-0.2, -0.15) is 11.1 Å². The van der Waals surface area contributed by atoms with E-state index in [4.69, 9.17) is 11.1 Å². The van der Waals surface area contributed by atoms with E-state index in [1.54, 1.807) is 0 Å². The van der Waals surface area contributed by atoms with Gasteiger partial charge in [0.25, 0.3) is 0 Å². The van der Waals surface area contributed by atoms with Crippen LogP contribution in [0.2, 0.25) is 18.1 Å². The quantitative estimate of drug-likeness (QED) is 0.331. The van der Waals surface area contributed by atoms with Crippen molar-refractivity contribution in [3.8, 4) is 0 Å². The van der Waals surface area contributed by atoms with Gasteiger partial charge in [-0.05, 0) is 18.1 Å². The lowest BCUT2D eigenvalue weighted by Crippen LogP contribution is -2.19. The molecule has 0 aromatic rings. The third-order valence-corrected chi connectivity index (χ3v) is 7.13. The molecule has 1 heterocycles. The smallest absolute Gasteiger partial charge is 0.160 e. The van der Waals surface area contributed by atoms with Crippen LogP contribution in [-0.4, -0.2) is 7.38 Å². The second-order valence-corrected chi connectivity index (χ2v) is 8.97. The summed E-state index contributed by atoms with van der Waals surface area (Å²) in [6.07, 6.45) is 4.72. The highest BCUT2D eigenvalue weighted by Crippen LogP contribution is 2.36. The summed E-state index contributed by atoms with van der Waals surface area (Å²) in [5.41, 5.74) is 0. The molecule has 52 valence electrons. The molecule has 1 aliphatic heterocycles. The molecule has 1 aliphatic rings. The van der Waals surface area contributed by atoms with Crippen LogP contribution in [0.3, 0.4) is 0 Å². The standard InChI is InChI=1S/C7H13ClSi/c1-2-5-9(8)6-3-4-7-9/h2H,1,3-7H2. The molecule has 0 bridgehead atoms. The van der Waals surface area contributed by atoms with Crippen LogP contribution < -0.4 is 0 Å². The summed E-state index contributed by atoms with van der Waals surface area (Å²) in [6, 6.07) is 3.76. The Bertz CT molecular complexity index is 105. The van der Waals surface area contributed by atoms with Gasteiger partial charge >= 0.3 is 0 Å². The van der Waals surface area contributed by atoms with Crippen molar-refractivity contribution < 1.29 is 0 Å². The van der Waals surface area contributed by atoms with Crippen molar-refractivity contribution in [1.82, 2.24) is 0 Å². The highest BCUT2D eigenvalue weighted by Gasteiger charge is 2.32. The topological polar surface area (TPSA) is 0 Å². The fourth-order valence-electron chi connectivity index (χ4n) is 1.47. The van der Waals surface area contributed by atoms with Crippen LogP contribution >= 0.6 is 11.1 Å². The molecule has 0 unspecified atom stereocenters. The van der Waals surface area contributed by atoms with E-state index >= 15 is 0 Å². The molecular weight excluding hydrogens is 148 g/mol. The molecule has 0 radical (unpaired) electrons. The maximum absolute atomic E-state index is 6.34. The van der Waals surface area contributed by atoms with Crippen molar-refractivity contribution in [3.63, 3.8) is 0 Å². The first-order valence-electron chi connectivity index (χ1n) is 3.57. The summed E-state index contributed by atoms with van der Waals surface area (Å²) < 4.78 is 0. The van der Waals surface area contributed by atoms with Gasteiger partial charge in [0.15, 0.2) is 7.38 Å². The third kappa shape index (κ3) is 1.83. The van der Waals surface area contributed by atoms with Gasteiger partial charge in [0.05, 0.1) is 0 Å². The Morgan fingerprint density at radius 3 is 2.44 bits per heavy atom. The molecule has 1 fully saturated rings. The lowest BCUT2D eigenvalue weighted by Gasteiger charge is -2.13. The number of hydrogen-bond acceptors (Lipinski definition) is 0. The summed E-state index contributed by atoms with van der Waals surface area (Å²) in [5, 5.41) is 0. The van der Waals surface area contributed by atoms with Crippen molar-refractivity contribution >= 4 is 18.5 Å². The third-order valence-electron chi connectivity index (χ3n) is 2.01. The molecule has 0 saturated carbocycles. The van der Waals surface area contributed by atoms with Crippen LogP contribution in [0.15, 0.2) is 12.7 Å². The Kier molecular flexibility index (Phi) is 2.36. The van der Waals surface area contributed by atoms with Crippen LogP contribution in [0.1, 0.15) is 12.8 Å². The average molecular weight is 161 g/mol. The van der Waals surface area contributed by atoms with E-state index in [1.807, 2.05) is 6.08 Å². The van der Waals surface area contributed by atoms with E-state index in [2.05, 4.69) is 6.58 Å². The fraction of sp³-hybridized carbons (Fsp3) is 0.714. The predicted octanol–water partition coefficient (Wildman–Crippen LogP) is 3.15. The van der Waals surface area contributed by atoms with E-state index in [0.29, 0.717) is 0 Å². The molecule has 0 aromatic heterocycles. The molecular formula is C7H13ClSi. The number of allylic oxidation sites excluding steroid dienone is 1. The number of halogens is 1. The van der Waals surface area contributed by atoms with E-state index in [0.717, 1.165) is 6.04 Å². The second-order valence-electron chi connectivity index (χ2n) is 2.85. The maximum Gasteiger partial charge on any atom is 0.160 e. The molecule has 1 rings (SSSR count). The zero-order valence-corrected chi connectivity index (χ0v) is 7.45. The molecule has 0 aromatic carbocycles. The van der Waals surface area contributed by atoms with Gasteiger partial charge in [-0.1, -0.05) is 18.9 Å². The van der Waals surface area contributed by atoms with Crippen LogP contribution in [-0.2, 0) is 0 Å². The Hall–Kier alpha value is 0.247. The van der Waals surface area contributed by atoms with Crippen molar-refractivity contribution in [2.45, 2.75) is 31.0 Å².